The van der Waals surface area contributed by atoms with Gasteiger partial charge in [-0.15, -0.1) is 0 Å². The summed E-state index contributed by atoms with van der Waals surface area (Å²) in [5.41, 5.74) is 8.67. The van der Waals surface area contributed by atoms with E-state index in [1.807, 2.05) is 18.2 Å². The predicted octanol–water partition coefficient (Wildman–Crippen LogP) is 2.36. The number of carboxylic acids is 1. The van der Waals surface area contributed by atoms with Crippen molar-refractivity contribution in [1.82, 2.24) is 5.48 Å². The van der Waals surface area contributed by atoms with Gasteiger partial charge in [0.25, 0.3) is 0 Å². The zero-order chi connectivity index (χ0) is 13.9. The Hall–Kier alpha value is -2.17. The Morgan fingerprint density at radius 1 is 1.15 bits per heavy atom. The van der Waals surface area contributed by atoms with Crippen molar-refractivity contribution < 1.29 is 14.7 Å². The summed E-state index contributed by atoms with van der Waals surface area (Å²) in [6.45, 7) is 0.166. The molecule has 0 fully saturated rings. The predicted molar refractivity (Wildman–Crippen MR) is 75.1 cm³/mol. The molecule has 1 aliphatic carbocycles. The van der Waals surface area contributed by atoms with E-state index in [0.717, 1.165) is 12.0 Å². The van der Waals surface area contributed by atoms with Crippen molar-refractivity contribution in [2.75, 3.05) is 6.54 Å². The van der Waals surface area contributed by atoms with Gasteiger partial charge in [0.1, 0.15) is 6.54 Å². The van der Waals surface area contributed by atoms with Crippen molar-refractivity contribution in [3.05, 3.63) is 59.2 Å². The lowest BCUT2D eigenvalue weighted by Gasteiger charge is -2.09. The van der Waals surface area contributed by atoms with Crippen LogP contribution in [-0.2, 0) is 22.7 Å². The Morgan fingerprint density at radius 2 is 1.95 bits per heavy atom. The number of hydrogen-bond donors (Lipinski definition) is 2. The summed E-state index contributed by atoms with van der Waals surface area (Å²) in [5.74, 6) is -0.935. The molecule has 1 aliphatic rings. The van der Waals surface area contributed by atoms with E-state index in [9.17, 15) is 4.79 Å². The van der Waals surface area contributed by atoms with E-state index in [4.69, 9.17) is 9.94 Å². The quantitative estimate of drug-likeness (QED) is 0.551. The maximum absolute atomic E-state index is 10.4. The molecule has 0 heterocycles. The third-order valence-corrected chi connectivity index (χ3v) is 3.50. The summed E-state index contributed by atoms with van der Waals surface area (Å²) >= 11 is 0. The first-order chi connectivity index (χ1) is 9.75. The van der Waals surface area contributed by atoms with Gasteiger partial charge < -0.3 is 5.11 Å². The first-order valence-corrected chi connectivity index (χ1v) is 6.51. The minimum absolute atomic E-state index is 0.199. The Morgan fingerprint density at radius 3 is 2.80 bits per heavy atom. The number of aliphatic carboxylic acids is 1. The summed E-state index contributed by atoms with van der Waals surface area (Å²) in [5, 5.41) is 8.54. The Bertz CT molecular complexity index is 652. The second kappa shape index (κ2) is 5.45. The molecule has 0 aliphatic heterocycles. The highest BCUT2D eigenvalue weighted by atomic mass is 16.6. The Balaban J connectivity index is 1.77. The van der Waals surface area contributed by atoms with E-state index >= 15 is 0 Å². The van der Waals surface area contributed by atoms with Crippen LogP contribution in [0.4, 0.5) is 0 Å². The molecular weight excluding hydrogens is 254 g/mol. The zero-order valence-corrected chi connectivity index (χ0v) is 10.9. The van der Waals surface area contributed by atoms with E-state index < -0.39 is 5.97 Å². The van der Waals surface area contributed by atoms with Crippen LogP contribution in [0.3, 0.4) is 0 Å². The Kier molecular flexibility index (Phi) is 3.50. The van der Waals surface area contributed by atoms with Crippen LogP contribution < -0.4 is 5.48 Å². The molecule has 2 aromatic carbocycles. The standard InChI is InChI=1S/C16H15NO3/c18-16(19)9-17-20-10-12-5-3-7-14-13-6-2-1-4-11(13)8-15(12)14/h1-7,17H,8-10H2,(H,18,19). The lowest BCUT2D eigenvalue weighted by atomic mass is 10.0. The third-order valence-electron chi connectivity index (χ3n) is 3.50. The van der Waals surface area contributed by atoms with Crippen LogP contribution in [0.5, 0.6) is 0 Å². The minimum Gasteiger partial charge on any atom is -0.480 e. The SMILES string of the molecule is O=C(O)CNOCc1cccc2c1Cc1ccccc1-2. The normalized spacial score (nSPS) is 12.0. The average Bonchev–Trinajstić information content (AvgIpc) is 2.83. The van der Waals surface area contributed by atoms with Gasteiger partial charge in [0.05, 0.1) is 6.61 Å². The molecular formula is C16H15NO3. The summed E-state index contributed by atoms with van der Waals surface area (Å²) in [4.78, 5) is 15.6. The van der Waals surface area contributed by atoms with Crippen LogP contribution in [0.1, 0.15) is 16.7 Å². The second-order valence-corrected chi connectivity index (χ2v) is 4.78. The van der Waals surface area contributed by atoms with Gasteiger partial charge in [0.2, 0.25) is 0 Å². The highest BCUT2D eigenvalue weighted by molar-refractivity contribution is 5.77. The largest absolute Gasteiger partial charge is 0.480 e. The number of nitrogens with one attached hydrogen (secondary N) is 1. The van der Waals surface area contributed by atoms with Gasteiger partial charge in [0, 0.05) is 0 Å². The van der Waals surface area contributed by atoms with E-state index in [2.05, 4.69) is 29.7 Å². The highest BCUT2D eigenvalue weighted by Crippen LogP contribution is 2.38. The third kappa shape index (κ3) is 2.43. The molecule has 2 aromatic rings. The van der Waals surface area contributed by atoms with Gasteiger partial charge in [-0.3, -0.25) is 9.63 Å². The Labute approximate surface area is 117 Å². The van der Waals surface area contributed by atoms with Crippen molar-refractivity contribution in [3.63, 3.8) is 0 Å². The van der Waals surface area contributed by atoms with E-state index in [1.54, 1.807) is 0 Å². The fraction of sp³-hybridized carbons (Fsp3) is 0.188. The number of fused-ring (bicyclic) bond motifs is 3. The monoisotopic (exact) mass is 269 g/mol. The molecule has 3 rings (SSSR count). The molecule has 0 atom stereocenters. The van der Waals surface area contributed by atoms with Crippen molar-refractivity contribution in [2.45, 2.75) is 13.0 Å². The second-order valence-electron chi connectivity index (χ2n) is 4.78. The lowest BCUT2D eigenvalue weighted by molar-refractivity contribution is -0.139. The number of rotatable bonds is 5. The van der Waals surface area contributed by atoms with Crippen LogP contribution in [0.25, 0.3) is 11.1 Å². The molecule has 4 nitrogen and oxygen atoms in total. The fourth-order valence-corrected chi connectivity index (χ4v) is 2.60. The number of hydroxylamine groups is 1. The molecule has 0 aromatic heterocycles. The molecule has 0 unspecified atom stereocenters. The van der Waals surface area contributed by atoms with Crippen molar-refractivity contribution in [2.24, 2.45) is 0 Å². The van der Waals surface area contributed by atoms with Crippen molar-refractivity contribution in [3.8, 4) is 11.1 Å². The average molecular weight is 269 g/mol. The number of benzene rings is 2. The first-order valence-electron chi connectivity index (χ1n) is 6.51. The molecule has 0 radical (unpaired) electrons. The smallest absolute Gasteiger partial charge is 0.319 e. The highest BCUT2D eigenvalue weighted by Gasteiger charge is 2.20. The molecule has 20 heavy (non-hydrogen) atoms. The van der Waals surface area contributed by atoms with Gasteiger partial charge in [-0.1, -0.05) is 42.5 Å². The van der Waals surface area contributed by atoms with E-state index in [0.29, 0.717) is 6.61 Å². The summed E-state index contributed by atoms with van der Waals surface area (Å²) < 4.78 is 0. The molecule has 0 bridgehead atoms. The van der Waals surface area contributed by atoms with Crippen LogP contribution in [-0.4, -0.2) is 17.6 Å². The molecule has 0 spiro atoms. The van der Waals surface area contributed by atoms with Crippen LogP contribution >= 0.6 is 0 Å². The lowest BCUT2D eigenvalue weighted by Crippen LogP contribution is -2.22. The molecule has 4 heteroatoms. The van der Waals surface area contributed by atoms with Crippen molar-refractivity contribution in [1.29, 1.82) is 0 Å². The van der Waals surface area contributed by atoms with E-state index in [1.165, 1.54) is 22.3 Å². The maximum Gasteiger partial charge on any atom is 0.319 e. The summed E-state index contributed by atoms with van der Waals surface area (Å²) in [6, 6.07) is 14.5. The fourth-order valence-electron chi connectivity index (χ4n) is 2.60. The number of carbonyl (C=O) groups is 1. The van der Waals surface area contributed by atoms with Crippen molar-refractivity contribution >= 4 is 5.97 Å². The maximum atomic E-state index is 10.4. The van der Waals surface area contributed by atoms with Gasteiger partial charge >= 0.3 is 5.97 Å². The van der Waals surface area contributed by atoms with E-state index in [-0.39, 0.29) is 6.54 Å². The number of hydrogen-bond acceptors (Lipinski definition) is 3. The zero-order valence-electron chi connectivity index (χ0n) is 10.9. The minimum atomic E-state index is -0.935. The van der Waals surface area contributed by atoms with Crippen LogP contribution in [0.2, 0.25) is 0 Å². The molecule has 102 valence electrons. The first kappa shape index (κ1) is 12.8. The van der Waals surface area contributed by atoms with Gasteiger partial charge in [-0.25, -0.2) is 0 Å². The van der Waals surface area contributed by atoms with Gasteiger partial charge in [-0.05, 0) is 34.2 Å². The van der Waals surface area contributed by atoms with Crippen LogP contribution in [0.15, 0.2) is 42.5 Å². The van der Waals surface area contributed by atoms with Gasteiger partial charge in [0.15, 0.2) is 0 Å². The summed E-state index contributed by atoms with van der Waals surface area (Å²) in [6.07, 6.45) is 0.907. The topological polar surface area (TPSA) is 58.6 Å². The number of carboxylic acid groups (broad SMARTS) is 1. The molecule has 0 saturated heterocycles. The van der Waals surface area contributed by atoms with Gasteiger partial charge in [-0.2, -0.15) is 5.48 Å². The molecule has 0 saturated carbocycles. The molecule has 0 amide bonds. The molecule has 2 N–H and O–H groups in total. The summed E-state index contributed by atoms with van der Waals surface area (Å²) in [7, 11) is 0. The van der Waals surface area contributed by atoms with Crippen LogP contribution in [0, 0.1) is 0 Å².